The van der Waals surface area contributed by atoms with E-state index in [2.05, 4.69) is 45.9 Å². The zero-order chi connectivity index (χ0) is 27.6. The summed E-state index contributed by atoms with van der Waals surface area (Å²) in [6.45, 7) is 20.2. The van der Waals surface area contributed by atoms with Gasteiger partial charge in [-0.25, -0.2) is 0 Å². The first-order valence-corrected chi connectivity index (χ1v) is 13.9. The predicted octanol–water partition coefficient (Wildman–Crippen LogP) is 8.79. The molecule has 1 atom stereocenters. The predicted molar refractivity (Wildman–Crippen MR) is 154 cm³/mol. The van der Waals surface area contributed by atoms with Crippen LogP contribution in [-0.4, -0.2) is 22.3 Å². The van der Waals surface area contributed by atoms with Crippen molar-refractivity contribution in [1.82, 2.24) is 0 Å². The van der Waals surface area contributed by atoms with E-state index in [0.29, 0.717) is 41.6 Å². The van der Waals surface area contributed by atoms with Crippen molar-refractivity contribution in [3.63, 3.8) is 0 Å². The Kier molecular flexibility index (Phi) is 13.0. The molecule has 1 aliphatic rings. The zero-order valence-corrected chi connectivity index (χ0v) is 24.8. The Balaban J connectivity index is 2.66. The van der Waals surface area contributed by atoms with Gasteiger partial charge in [0, 0.05) is 22.3 Å². The molecule has 1 unspecified atom stereocenters. The number of carbonyl (C=O) groups is 2. The van der Waals surface area contributed by atoms with Crippen LogP contribution in [0.4, 0.5) is 0 Å². The number of aliphatic hydroxyl groups is 1. The average Bonchev–Trinajstić information content (AvgIpc) is 2.75. The molecule has 0 heterocycles. The standard InChI is InChI=1S/C33H52O3/c1-22(2)14-11-15-25(7)16-12-17-26(8)18-13-20-33(10,36)21-19-28-27(9)31(34)29(23(3)4)30(24(5)6)32(28)35/h14,16,18,23-24,36H,11-13,15,17,19-21H2,1-10H3/b25-16+,26-18+. The molecule has 0 fully saturated rings. The van der Waals surface area contributed by atoms with Gasteiger partial charge in [-0.15, -0.1) is 0 Å². The van der Waals surface area contributed by atoms with Crippen LogP contribution >= 0.6 is 0 Å². The molecular formula is C33H52O3. The lowest BCUT2D eigenvalue weighted by Gasteiger charge is -2.28. The van der Waals surface area contributed by atoms with Gasteiger partial charge in [0.05, 0.1) is 5.60 Å². The number of Topliss-reactive ketones (excluding diaryl/α,β-unsaturated/α-hetero) is 2. The normalized spacial score (nSPS) is 17.5. The monoisotopic (exact) mass is 496 g/mol. The summed E-state index contributed by atoms with van der Waals surface area (Å²) in [6.07, 6.45) is 13.5. The van der Waals surface area contributed by atoms with Crippen molar-refractivity contribution in [3.8, 4) is 0 Å². The van der Waals surface area contributed by atoms with E-state index in [0.717, 1.165) is 32.1 Å². The molecule has 202 valence electrons. The maximum Gasteiger partial charge on any atom is 0.186 e. The topological polar surface area (TPSA) is 54.4 Å². The minimum atomic E-state index is -0.880. The highest BCUT2D eigenvalue weighted by atomic mass is 16.3. The summed E-state index contributed by atoms with van der Waals surface area (Å²) in [5.41, 5.74) is 5.76. The highest BCUT2D eigenvalue weighted by molar-refractivity contribution is 6.25. The van der Waals surface area contributed by atoms with Crippen molar-refractivity contribution < 1.29 is 14.7 Å². The van der Waals surface area contributed by atoms with E-state index in [1.807, 2.05) is 34.6 Å². The van der Waals surface area contributed by atoms with Gasteiger partial charge >= 0.3 is 0 Å². The summed E-state index contributed by atoms with van der Waals surface area (Å²) >= 11 is 0. The van der Waals surface area contributed by atoms with E-state index >= 15 is 0 Å². The molecule has 3 nitrogen and oxygen atoms in total. The van der Waals surface area contributed by atoms with Gasteiger partial charge in [-0.2, -0.15) is 0 Å². The molecule has 0 radical (unpaired) electrons. The highest BCUT2D eigenvalue weighted by Gasteiger charge is 2.35. The van der Waals surface area contributed by atoms with Crippen LogP contribution in [0.5, 0.6) is 0 Å². The fourth-order valence-electron chi connectivity index (χ4n) is 4.85. The van der Waals surface area contributed by atoms with Crippen LogP contribution < -0.4 is 0 Å². The van der Waals surface area contributed by atoms with E-state index < -0.39 is 5.60 Å². The van der Waals surface area contributed by atoms with Gasteiger partial charge < -0.3 is 5.11 Å². The molecule has 0 aromatic heterocycles. The molecule has 0 spiro atoms. The lowest BCUT2D eigenvalue weighted by atomic mass is 9.74. The molecule has 3 heteroatoms. The van der Waals surface area contributed by atoms with Gasteiger partial charge in [-0.3, -0.25) is 9.59 Å². The second-order valence-electron chi connectivity index (χ2n) is 11.9. The van der Waals surface area contributed by atoms with Crippen LogP contribution in [-0.2, 0) is 9.59 Å². The van der Waals surface area contributed by atoms with Gasteiger partial charge in [-0.05, 0) is 105 Å². The molecule has 1 N–H and O–H groups in total. The minimum Gasteiger partial charge on any atom is -0.390 e. The number of ketones is 2. The molecule has 0 bridgehead atoms. The van der Waals surface area contributed by atoms with E-state index in [4.69, 9.17) is 0 Å². The Morgan fingerprint density at radius 1 is 0.778 bits per heavy atom. The van der Waals surface area contributed by atoms with Crippen LogP contribution in [0.15, 0.2) is 57.2 Å². The lowest BCUT2D eigenvalue weighted by Crippen LogP contribution is -2.30. The molecule has 1 rings (SSSR count). The van der Waals surface area contributed by atoms with E-state index in [-0.39, 0.29) is 23.4 Å². The molecule has 0 saturated heterocycles. The molecule has 36 heavy (non-hydrogen) atoms. The zero-order valence-electron chi connectivity index (χ0n) is 24.8. The van der Waals surface area contributed by atoms with Crippen molar-refractivity contribution in [2.45, 2.75) is 126 Å². The SMILES string of the molecule is CC(C)=CCC/C(C)=C/CC/C(C)=C/CCC(C)(O)CCC1=C(C)C(=O)C(C(C)C)=C(C(C)C)C1=O. The number of allylic oxidation sites excluding steroid dienone is 10. The van der Waals surface area contributed by atoms with Gasteiger partial charge in [0.2, 0.25) is 0 Å². The van der Waals surface area contributed by atoms with Crippen LogP contribution in [0.1, 0.15) is 121 Å². The molecule has 1 aliphatic carbocycles. The first-order valence-electron chi connectivity index (χ1n) is 13.9. The number of hydrogen-bond acceptors (Lipinski definition) is 3. The molecule has 0 saturated carbocycles. The Labute approximate surface area is 221 Å². The number of carbonyl (C=O) groups excluding carboxylic acids is 2. The first kappa shape index (κ1) is 32.0. The van der Waals surface area contributed by atoms with Crippen molar-refractivity contribution in [3.05, 3.63) is 57.2 Å². The number of hydrogen-bond donors (Lipinski definition) is 1. The van der Waals surface area contributed by atoms with Crippen LogP contribution in [0.2, 0.25) is 0 Å². The summed E-state index contributed by atoms with van der Waals surface area (Å²) in [5, 5.41) is 11.0. The van der Waals surface area contributed by atoms with Crippen molar-refractivity contribution >= 4 is 11.6 Å². The van der Waals surface area contributed by atoms with Gasteiger partial charge in [0.25, 0.3) is 0 Å². The third kappa shape index (κ3) is 10.2. The van der Waals surface area contributed by atoms with E-state index in [1.165, 1.54) is 16.7 Å². The average molecular weight is 497 g/mol. The second kappa shape index (κ2) is 14.7. The summed E-state index contributed by atoms with van der Waals surface area (Å²) in [7, 11) is 0. The third-order valence-corrected chi connectivity index (χ3v) is 7.21. The smallest absolute Gasteiger partial charge is 0.186 e. The van der Waals surface area contributed by atoms with Gasteiger partial charge in [0.1, 0.15) is 0 Å². The Hall–Kier alpha value is -2.00. The van der Waals surface area contributed by atoms with Crippen LogP contribution in [0.25, 0.3) is 0 Å². The summed E-state index contributed by atoms with van der Waals surface area (Å²) < 4.78 is 0. The first-order chi connectivity index (χ1) is 16.7. The van der Waals surface area contributed by atoms with E-state index in [9.17, 15) is 14.7 Å². The molecule has 0 aromatic carbocycles. The Bertz CT molecular complexity index is 941. The minimum absolute atomic E-state index is 0.00143. The van der Waals surface area contributed by atoms with E-state index in [1.54, 1.807) is 6.92 Å². The Morgan fingerprint density at radius 3 is 1.75 bits per heavy atom. The van der Waals surface area contributed by atoms with Gasteiger partial charge in [-0.1, -0.05) is 62.6 Å². The molecule has 0 amide bonds. The largest absolute Gasteiger partial charge is 0.390 e. The summed E-state index contributed by atoms with van der Waals surface area (Å²) in [4.78, 5) is 26.4. The second-order valence-corrected chi connectivity index (χ2v) is 11.9. The highest BCUT2D eigenvalue weighted by Crippen LogP contribution is 2.36. The van der Waals surface area contributed by atoms with Crippen LogP contribution in [0.3, 0.4) is 0 Å². The summed E-state index contributed by atoms with van der Waals surface area (Å²) in [6, 6.07) is 0. The quantitative estimate of drug-likeness (QED) is 0.193. The number of rotatable bonds is 14. The van der Waals surface area contributed by atoms with Crippen LogP contribution in [0, 0.1) is 11.8 Å². The van der Waals surface area contributed by atoms with Crippen molar-refractivity contribution in [1.29, 1.82) is 0 Å². The Morgan fingerprint density at radius 2 is 1.25 bits per heavy atom. The van der Waals surface area contributed by atoms with Gasteiger partial charge in [0.15, 0.2) is 11.6 Å². The fraction of sp³-hybridized carbons (Fsp3) is 0.636. The maximum absolute atomic E-state index is 13.3. The summed E-state index contributed by atoms with van der Waals surface area (Å²) in [5.74, 6) is 0.0335. The fourth-order valence-corrected chi connectivity index (χ4v) is 4.85. The molecule has 0 aromatic rings. The van der Waals surface area contributed by atoms with Crippen molar-refractivity contribution in [2.75, 3.05) is 0 Å². The third-order valence-electron chi connectivity index (χ3n) is 7.21. The lowest BCUT2D eigenvalue weighted by molar-refractivity contribution is -0.117. The molecule has 0 aliphatic heterocycles. The maximum atomic E-state index is 13.3. The molecular weight excluding hydrogens is 444 g/mol. The van der Waals surface area contributed by atoms with Crippen molar-refractivity contribution in [2.24, 2.45) is 11.8 Å².